The molecule has 0 saturated carbocycles. The third kappa shape index (κ3) is 4.64. The van der Waals surface area contributed by atoms with Crippen molar-refractivity contribution in [3.8, 4) is 0 Å². The molecule has 1 aromatic rings. The topological polar surface area (TPSA) is 55.1 Å². The molecule has 0 spiro atoms. The lowest BCUT2D eigenvalue weighted by Gasteiger charge is -2.28. The summed E-state index contributed by atoms with van der Waals surface area (Å²) in [6.07, 6.45) is 0.719. The summed E-state index contributed by atoms with van der Waals surface area (Å²) in [5.74, 6) is 0.375. The summed E-state index contributed by atoms with van der Waals surface area (Å²) in [4.78, 5) is 12.0. The van der Waals surface area contributed by atoms with Crippen molar-refractivity contribution in [1.29, 1.82) is 0 Å². The van der Waals surface area contributed by atoms with Crippen LogP contribution in [0.3, 0.4) is 0 Å². The van der Waals surface area contributed by atoms with Crippen molar-refractivity contribution >= 4 is 5.91 Å². The van der Waals surface area contributed by atoms with Gasteiger partial charge in [0, 0.05) is 12.0 Å². The van der Waals surface area contributed by atoms with Gasteiger partial charge in [-0.1, -0.05) is 52.0 Å². The molecule has 0 bridgehead atoms. The van der Waals surface area contributed by atoms with Crippen LogP contribution in [-0.4, -0.2) is 18.5 Å². The predicted molar refractivity (Wildman–Crippen MR) is 84.6 cm³/mol. The average Bonchev–Trinajstić information content (AvgIpc) is 2.35. The molecule has 1 aromatic carbocycles. The number of amides is 1. The van der Waals surface area contributed by atoms with E-state index in [9.17, 15) is 4.79 Å². The fourth-order valence-electron chi connectivity index (χ4n) is 2.48. The summed E-state index contributed by atoms with van der Waals surface area (Å²) in [6.45, 7) is 11.1. The van der Waals surface area contributed by atoms with Gasteiger partial charge in [0.1, 0.15) is 0 Å². The van der Waals surface area contributed by atoms with Gasteiger partial charge in [0.15, 0.2) is 0 Å². The van der Waals surface area contributed by atoms with Crippen molar-refractivity contribution in [2.45, 2.75) is 52.5 Å². The molecule has 0 aromatic heterocycles. The highest BCUT2D eigenvalue weighted by atomic mass is 16.2. The van der Waals surface area contributed by atoms with Crippen LogP contribution in [0.15, 0.2) is 24.3 Å². The third-order valence-corrected chi connectivity index (χ3v) is 3.64. The van der Waals surface area contributed by atoms with E-state index in [1.807, 2.05) is 12.1 Å². The first-order chi connectivity index (χ1) is 9.24. The third-order valence-electron chi connectivity index (χ3n) is 3.64. The van der Waals surface area contributed by atoms with Crippen LogP contribution in [0.4, 0.5) is 0 Å². The van der Waals surface area contributed by atoms with Gasteiger partial charge in [-0.2, -0.15) is 0 Å². The summed E-state index contributed by atoms with van der Waals surface area (Å²) in [7, 11) is 0. The molecule has 0 aliphatic carbocycles. The molecule has 3 heteroatoms. The van der Waals surface area contributed by atoms with Gasteiger partial charge in [-0.3, -0.25) is 4.79 Å². The van der Waals surface area contributed by atoms with Crippen molar-refractivity contribution in [1.82, 2.24) is 5.32 Å². The molecule has 1 atom stereocenters. The molecular formula is C17H28N2O. The second kappa shape index (κ2) is 6.89. The van der Waals surface area contributed by atoms with Crippen LogP contribution in [0, 0.1) is 12.8 Å². The smallest absolute Gasteiger partial charge is 0.236 e. The highest BCUT2D eigenvalue weighted by Gasteiger charge is 2.24. The van der Waals surface area contributed by atoms with E-state index in [0.717, 1.165) is 6.42 Å². The Morgan fingerprint density at radius 2 is 1.90 bits per heavy atom. The lowest BCUT2D eigenvalue weighted by Crippen LogP contribution is -2.45. The van der Waals surface area contributed by atoms with Crippen molar-refractivity contribution in [2.24, 2.45) is 11.7 Å². The van der Waals surface area contributed by atoms with E-state index in [4.69, 9.17) is 5.73 Å². The molecule has 0 heterocycles. The number of nitrogens with one attached hydrogen (secondary N) is 1. The van der Waals surface area contributed by atoms with Gasteiger partial charge in [0.2, 0.25) is 5.91 Å². The van der Waals surface area contributed by atoms with E-state index in [1.54, 1.807) is 0 Å². The lowest BCUT2D eigenvalue weighted by molar-refractivity contribution is -0.122. The van der Waals surface area contributed by atoms with Crippen LogP contribution in [0.5, 0.6) is 0 Å². The van der Waals surface area contributed by atoms with Crippen LogP contribution < -0.4 is 11.1 Å². The summed E-state index contributed by atoms with van der Waals surface area (Å²) < 4.78 is 0. The Bertz CT molecular complexity index is 452. The maximum Gasteiger partial charge on any atom is 0.236 e. The Morgan fingerprint density at radius 3 is 2.45 bits per heavy atom. The molecule has 3 nitrogen and oxygen atoms in total. The highest BCUT2D eigenvalue weighted by molar-refractivity contribution is 5.81. The monoisotopic (exact) mass is 276 g/mol. The molecule has 20 heavy (non-hydrogen) atoms. The fraction of sp³-hybridized carbons (Fsp3) is 0.588. The SMILES string of the molecule is Cc1ccccc1C(C)(C)CNC(=O)[C@@H](N)CC(C)C. The molecule has 1 rings (SSSR count). The van der Waals surface area contributed by atoms with Gasteiger partial charge in [-0.15, -0.1) is 0 Å². The van der Waals surface area contributed by atoms with Crippen LogP contribution >= 0.6 is 0 Å². The zero-order valence-corrected chi connectivity index (χ0v) is 13.4. The number of rotatable bonds is 6. The molecule has 0 unspecified atom stereocenters. The van der Waals surface area contributed by atoms with E-state index >= 15 is 0 Å². The average molecular weight is 276 g/mol. The maximum atomic E-state index is 12.0. The van der Waals surface area contributed by atoms with Gasteiger partial charge in [0.05, 0.1) is 6.04 Å². The second-order valence-electron chi connectivity index (χ2n) is 6.65. The first kappa shape index (κ1) is 16.7. The van der Waals surface area contributed by atoms with Gasteiger partial charge < -0.3 is 11.1 Å². The minimum absolute atomic E-state index is 0.0552. The molecule has 0 aliphatic heterocycles. The van der Waals surface area contributed by atoms with E-state index in [-0.39, 0.29) is 11.3 Å². The van der Waals surface area contributed by atoms with Crippen LogP contribution in [0.1, 0.15) is 45.2 Å². The summed E-state index contributed by atoms with van der Waals surface area (Å²) in [5.41, 5.74) is 8.32. The Hall–Kier alpha value is -1.35. The summed E-state index contributed by atoms with van der Waals surface area (Å²) >= 11 is 0. The fourth-order valence-corrected chi connectivity index (χ4v) is 2.48. The molecule has 1 amide bonds. The quantitative estimate of drug-likeness (QED) is 0.839. The zero-order chi connectivity index (χ0) is 15.3. The van der Waals surface area contributed by atoms with Gasteiger partial charge >= 0.3 is 0 Å². The van der Waals surface area contributed by atoms with Crippen LogP contribution in [-0.2, 0) is 10.2 Å². The minimum Gasteiger partial charge on any atom is -0.354 e. The van der Waals surface area contributed by atoms with Crippen molar-refractivity contribution in [3.05, 3.63) is 35.4 Å². The minimum atomic E-state index is -0.414. The molecule has 3 N–H and O–H groups in total. The van der Waals surface area contributed by atoms with E-state index in [1.165, 1.54) is 11.1 Å². The Morgan fingerprint density at radius 1 is 1.30 bits per heavy atom. The molecule has 112 valence electrons. The Balaban J connectivity index is 2.64. The largest absolute Gasteiger partial charge is 0.354 e. The van der Waals surface area contributed by atoms with Crippen molar-refractivity contribution in [3.63, 3.8) is 0 Å². The molecule has 0 radical (unpaired) electrons. The lowest BCUT2D eigenvalue weighted by atomic mass is 9.82. The van der Waals surface area contributed by atoms with Crippen molar-refractivity contribution in [2.75, 3.05) is 6.54 Å². The molecule has 0 aliphatic rings. The van der Waals surface area contributed by atoms with Gasteiger partial charge in [-0.25, -0.2) is 0 Å². The maximum absolute atomic E-state index is 12.0. The standard InChI is InChI=1S/C17H28N2O/c1-12(2)10-15(18)16(20)19-11-17(4,5)14-9-7-6-8-13(14)3/h6-9,12,15H,10-11,18H2,1-5H3,(H,19,20)/t15-/m0/s1. The summed E-state index contributed by atoms with van der Waals surface area (Å²) in [5, 5.41) is 2.99. The number of nitrogens with two attached hydrogens (primary N) is 1. The van der Waals surface area contributed by atoms with Gasteiger partial charge in [-0.05, 0) is 30.4 Å². The normalized spacial score (nSPS) is 13.3. The number of hydrogen-bond donors (Lipinski definition) is 2. The van der Waals surface area contributed by atoms with E-state index in [2.05, 4.69) is 52.1 Å². The first-order valence-corrected chi connectivity index (χ1v) is 7.33. The van der Waals surface area contributed by atoms with Gasteiger partial charge in [0.25, 0.3) is 0 Å². The Kier molecular flexibility index (Phi) is 5.75. The number of aryl methyl sites for hydroxylation is 1. The number of benzene rings is 1. The van der Waals surface area contributed by atoms with Crippen molar-refractivity contribution < 1.29 is 4.79 Å². The predicted octanol–water partition coefficient (Wildman–Crippen LogP) is 2.76. The summed E-state index contributed by atoms with van der Waals surface area (Å²) in [6, 6.07) is 7.88. The highest BCUT2D eigenvalue weighted by Crippen LogP contribution is 2.25. The van der Waals surface area contributed by atoms with Crippen LogP contribution in [0.25, 0.3) is 0 Å². The number of carbonyl (C=O) groups is 1. The Labute approximate surface area is 122 Å². The van der Waals surface area contributed by atoms with Crippen LogP contribution in [0.2, 0.25) is 0 Å². The second-order valence-corrected chi connectivity index (χ2v) is 6.65. The molecule has 0 saturated heterocycles. The zero-order valence-electron chi connectivity index (χ0n) is 13.4. The first-order valence-electron chi connectivity index (χ1n) is 7.33. The van der Waals surface area contributed by atoms with E-state index in [0.29, 0.717) is 12.5 Å². The molecule has 0 fully saturated rings. The van der Waals surface area contributed by atoms with E-state index < -0.39 is 6.04 Å². The number of carbonyl (C=O) groups excluding carboxylic acids is 1. The molecular weight excluding hydrogens is 248 g/mol. The number of hydrogen-bond acceptors (Lipinski definition) is 2.